The third-order valence-corrected chi connectivity index (χ3v) is 4.24. The molecule has 0 atom stereocenters. The quantitative estimate of drug-likeness (QED) is 0.718. The summed E-state index contributed by atoms with van der Waals surface area (Å²) in [5.74, 6) is 0.203. The van der Waals surface area contributed by atoms with Gasteiger partial charge in [0.15, 0.2) is 0 Å². The Labute approximate surface area is 98.8 Å². The van der Waals surface area contributed by atoms with Gasteiger partial charge in [-0.1, -0.05) is 0 Å². The molecule has 0 aromatic rings. The first-order valence-electron chi connectivity index (χ1n) is 5.80. The first-order valence-corrected chi connectivity index (χ1v) is 7.45. The van der Waals surface area contributed by atoms with Gasteiger partial charge < -0.3 is 4.90 Å². The minimum Gasteiger partial charge on any atom is -0.304 e. The molecule has 1 fully saturated rings. The fourth-order valence-corrected chi connectivity index (χ4v) is 3.07. The van der Waals surface area contributed by atoms with Crippen molar-refractivity contribution in [2.24, 2.45) is 0 Å². The number of hydrogen-bond acceptors (Lipinski definition) is 4. The molecule has 0 spiro atoms. The lowest BCUT2D eigenvalue weighted by Gasteiger charge is -2.32. The van der Waals surface area contributed by atoms with Crippen LogP contribution in [0.25, 0.3) is 0 Å². The molecule has 1 heterocycles. The Morgan fingerprint density at radius 3 is 2.25 bits per heavy atom. The van der Waals surface area contributed by atoms with Gasteiger partial charge in [0.1, 0.15) is 0 Å². The van der Waals surface area contributed by atoms with Gasteiger partial charge in [0, 0.05) is 38.8 Å². The van der Waals surface area contributed by atoms with E-state index in [1.54, 1.807) is 0 Å². The molecule has 16 heavy (non-hydrogen) atoms. The van der Waals surface area contributed by atoms with Gasteiger partial charge in [-0.2, -0.15) is 0 Å². The van der Waals surface area contributed by atoms with Gasteiger partial charge in [0.2, 0.25) is 10.0 Å². The summed E-state index contributed by atoms with van der Waals surface area (Å²) >= 11 is 0. The van der Waals surface area contributed by atoms with Gasteiger partial charge in [0.25, 0.3) is 0 Å². The van der Waals surface area contributed by atoms with E-state index in [0.717, 1.165) is 26.2 Å². The Morgan fingerprint density at radius 2 is 1.75 bits per heavy atom. The van der Waals surface area contributed by atoms with E-state index < -0.39 is 10.0 Å². The van der Waals surface area contributed by atoms with E-state index >= 15 is 0 Å². The summed E-state index contributed by atoms with van der Waals surface area (Å²) in [4.78, 5) is 4.47. The zero-order chi connectivity index (χ0) is 12.2. The smallest absolute Gasteiger partial charge is 0.213 e. The summed E-state index contributed by atoms with van der Waals surface area (Å²) in [6.45, 7) is 8.30. The topological polar surface area (TPSA) is 52.7 Å². The number of likely N-dealkylation sites (N-methyl/N-ethyl adjacent to an activating group) is 1. The van der Waals surface area contributed by atoms with E-state index in [2.05, 4.69) is 21.6 Å². The Bertz CT molecular complexity index is 295. The lowest BCUT2D eigenvalue weighted by Crippen LogP contribution is -2.46. The molecule has 1 saturated heterocycles. The second-order valence-electron chi connectivity index (χ2n) is 4.74. The average molecular weight is 249 g/mol. The van der Waals surface area contributed by atoms with Crippen LogP contribution in [-0.2, 0) is 10.0 Å². The molecular formula is C10H23N3O2S. The highest BCUT2D eigenvalue weighted by molar-refractivity contribution is 7.89. The van der Waals surface area contributed by atoms with Crippen molar-refractivity contribution in [3.05, 3.63) is 0 Å². The molecule has 0 aromatic carbocycles. The van der Waals surface area contributed by atoms with E-state index in [9.17, 15) is 8.42 Å². The SMILES string of the molecule is CC(C)NS(=O)(=O)CCN1CCN(C)CC1. The number of hydrogen-bond donors (Lipinski definition) is 1. The third-order valence-electron chi connectivity index (χ3n) is 2.69. The van der Waals surface area contributed by atoms with Crippen LogP contribution in [0.2, 0.25) is 0 Å². The molecule has 6 heteroatoms. The minimum absolute atomic E-state index is 0.0162. The highest BCUT2D eigenvalue weighted by Crippen LogP contribution is 1.99. The predicted molar refractivity (Wildman–Crippen MR) is 66.0 cm³/mol. The normalized spacial score (nSPS) is 20.5. The van der Waals surface area contributed by atoms with E-state index in [0.29, 0.717) is 6.54 Å². The van der Waals surface area contributed by atoms with E-state index in [4.69, 9.17) is 0 Å². The van der Waals surface area contributed by atoms with E-state index in [1.807, 2.05) is 13.8 Å². The molecule has 1 N–H and O–H groups in total. The molecule has 0 saturated carbocycles. The molecule has 1 aliphatic heterocycles. The van der Waals surface area contributed by atoms with Gasteiger partial charge in [-0.05, 0) is 20.9 Å². The van der Waals surface area contributed by atoms with Gasteiger partial charge in [0.05, 0.1) is 5.75 Å². The summed E-state index contributed by atoms with van der Waals surface area (Å²) in [6, 6.07) is -0.0162. The summed E-state index contributed by atoms with van der Waals surface area (Å²) in [7, 11) is -1.01. The molecule has 0 bridgehead atoms. The lowest BCUT2D eigenvalue weighted by atomic mass is 10.3. The highest BCUT2D eigenvalue weighted by Gasteiger charge is 2.17. The Kier molecular flexibility index (Phi) is 5.17. The zero-order valence-corrected chi connectivity index (χ0v) is 11.3. The standard InChI is InChI=1S/C10H23N3O2S/c1-10(2)11-16(14,15)9-8-13-6-4-12(3)5-7-13/h10-11H,4-9H2,1-3H3. The second kappa shape index (κ2) is 5.95. The maximum absolute atomic E-state index is 11.6. The van der Waals surface area contributed by atoms with Gasteiger partial charge in [-0.25, -0.2) is 13.1 Å². The van der Waals surface area contributed by atoms with Crippen molar-refractivity contribution < 1.29 is 8.42 Å². The van der Waals surface area contributed by atoms with Crippen LogP contribution in [0.1, 0.15) is 13.8 Å². The van der Waals surface area contributed by atoms with Crippen LogP contribution in [0.5, 0.6) is 0 Å². The highest BCUT2D eigenvalue weighted by atomic mass is 32.2. The van der Waals surface area contributed by atoms with Crippen molar-refractivity contribution in [2.45, 2.75) is 19.9 Å². The molecule has 1 aliphatic rings. The Morgan fingerprint density at radius 1 is 1.19 bits per heavy atom. The number of sulfonamides is 1. The summed E-state index contributed by atoms with van der Waals surface area (Å²) < 4.78 is 25.8. The van der Waals surface area contributed by atoms with Crippen LogP contribution in [0.15, 0.2) is 0 Å². The molecule has 0 aliphatic carbocycles. The zero-order valence-electron chi connectivity index (χ0n) is 10.4. The van der Waals surface area contributed by atoms with Crippen molar-refractivity contribution in [3.8, 4) is 0 Å². The molecule has 96 valence electrons. The monoisotopic (exact) mass is 249 g/mol. The van der Waals surface area contributed by atoms with Crippen LogP contribution in [0.3, 0.4) is 0 Å². The van der Waals surface area contributed by atoms with Crippen LogP contribution in [-0.4, -0.2) is 69.8 Å². The predicted octanol–water partition coefficient (Wildman–Crippen LogP) is -0.438. The Hall–Kier alpha value is -0.170. The van der Waals surface area contributed by atoms with Crippen LogP contribution in [0, 0.1) is 0 Å². The van der Waals surface area contributed by atoms with Gasteiger partial charge in [-0.3, -0.25) is 4.90 Å². The number of nitrogens with zero attached hydrogens (tertiary/aromatic N) is 2. The average Bonchev–Trinajstić information content (AvgIpc) is 2.15. The first kappa shape index (κ1) is 13.9. The maximum Gasteiger partial charge on any atom is 0.213 e. The van der Waals surface area contributed by atoms with Gasteiger partial charge in [-0.15, -0.1) is 0 Å². The molecular weight excluding hydrogens is 226 g/mol. The third kappa shape index (κ3) is 5.25. The molecule has 1 rings (SSSR count). The minimum atomic E-state index is -3.10. The maximum atomic E-state index is 11.6. The number of piperazine rings is 1. The Balaban J connectivity index is 2.29. The van der Waals surface area contributed by atoms with E-state index in [-0.39, 0.29) is 11.8 Å². The summed E-state index contributed by atoms with van der Waals surface area (Å²) in [5.41, 5.74) is 0. The molecule has 0 amide bonds. The summed E-state index contributed by atoms with van der Waals surface area (Å²) in [5, 5.41) is 0. The molecule has 5 nitrogen and oxygen atoms in total. The number of rotatable bonds is 5. The van der Waals surface area contributed by atoms with Crippen LogP contribution >= 0.6 is 0 Å². The first-order chi connectivity index (χ1) is 7.39. The fraction of sp³-hybridized carbons (Fsp3) is 1.00. The van der Waals surface area contributed by atoms with Crippen molar-refractivity contribution in [3.63, 3.8) is 0 Å². The van der Waals surface area contributed by atoms with Gasteiger partial charge >= 0.3 is 0 Å². The number of nitrogens with one attached hydrogen (secondary N) is 1. The fourth-order valence-electron chi connectivity index (χ4n) is 1.74. The second-order valence-corrected chi connectivity index (χ2v) is 6.61. The van der Waals surface area contributed by atoms with Crippen molar-refractivity contribution in [1.29, 1.82) is 0 Å². The van der Waals surface area contributed by atoms with Crippen molar-refractivity contribution in [1.82, 2.24) is 14.5 Å². The van der Waals surface area contributed by atoms with Crippen molar-refractivity contribution >= 4 is 10.0 Å². The van der Waals surface area contributed by atoms with E-state index in [1.165, 1.54) is 0 Å². The largest absolute Gasteiger partial charge is 0.304 e. The summed E-state index contributed by atoms with van der Waals surface area (Å²) in [6.07, 6.45) is 0. The van der Waals surface area contributed by atoms with Crippen LogP contribution < -0.4 is 4.72 Å². The molecule has 0 aromatic heterocycles. The lowest BCUT2D eigenvalue weighted by molar-refractivity contribution is 0.161. The van der Waals surface area contributed by atoms with Crippen LogP contribution in [0.4, 0.5) is 0 Å². The van der Waals surface area contributed by atoms with Crippen molar-refractivity contribution in [2.75, 3.05) is 45.5 Å². The molecule has 0 radical (unpaired) electrons. The molecule has 0 unspecified atom stereocenters.